The predicted molar refractivity (Wildman–Crippen MR) is 196 cm³/mol. The number of hydrogen-bond acceptors (Lipinski definition) is 2. The van der Waals surface area contributed by atoms with Gasteiger partial charge in [0.25, 0.3) is 0 Å². The Balaban J connectivity index is 3.87. The van der Waals surface area contributed by atoms with Crippen LogP contribution >= 0.6 is 0 Å². The monoisotopic (exact) mass is 598 g/mol. The van der Waals surface area contributed by atoms with Crippen LogP contribution in [0.1, 0.15) is 174 Å². The number of allylic oxidation sites excluding steroid dienone is 8. The van der Waals surface area contributed by atoms with E-state index in [2.05, 4.69) is 87.5 Å². The van der Waals surface area contributed by atoms with Crippen molar-refractivity contribution in [2.75, 3.05) is 20.6 Å². The molecule has 0 spiro atoms. The van der Waals surface area contributed by atoms with Gasteiger partial charge in [0.1, 0.15) is 0 Å². The van der Waals surface area contributed by atoms with Crippen molar-refractivity contribution in [3.8, 4) is 0 Å². The van der Waals surface area contributed by atoms with Crippen molar-refractivity contribution in [1.82, 2.24) is 4.90 Å². The Kier molecular flexibility index (Phi) is 35.3. The normalized spacial score (nSPS) is 13.3. The van der Waals surface area contributed by atoms with E-state index < -0.39 is 0 Å². The van der Waals surface area contributed by atoms with Crippen molar-refractivity contribution in [2.45, 2.75) is 180 Å². The van der Waals surface area contributed by atoms with Crippen LogP contribution < -0.4 is 0 Å². The van der Waals surface area contributed by atoms with Crippen LogP contribution in [0.4, 0.5) is 0 Å². The van der Waals surface area contributed by atoms with Gasteiger partial charge in [0.2, 0.25) is 0 Å². The maximum atomic E-state index is 6.20. The molecule has 0 aromatic heterocycles. The van der Waals surface area contributed by atoms with Gasteiger partial charge in [-0.1, -0.05) is 140 Å². The minimum Gasteiger partial charge on any atom is -0.498 e. The Labute approximate surface area is 271 Å². The van der Waals surface area contributed by atoms with Crippen LogP contribution in [0, 0.1) is 0 Å². The van der Waals surface area contributed by atoms with Crippen molar-refractivity contribution < 1.29 is 4.74 Å². The number of rotatable bonds is 33. The lowest BCUT2D eigenvalue weighted by Crippen LogP contribution is -2.12. The number of likely N-dealkylation sites (N-methyl/N-ethyl adjacent to an activating group) is 1. The van der Waals surface area contributed by atoms with Crippen LogP contribution in [0.3, 0.4) is 0 Å². The highest BCUT2D eigenvalue weighted by atomic mass is 16.5. The highest BCUT2D eigenvalue weighted by molar-refractivity contribution is 4.93. The van der Waals surface area contributed by atoms with Crippen LogP contribution in [0.25, 0.3) is 0 Å². The van der Waals surface area contributed by atoms with E-state index in [0.29, 0.717) is 6.10 Å². The van der Waals surface area contributed by atoms with E-state index in [9.17, 15) is 0 Å². The van der Waals surface area contributed by atoms with Crippen molar-refractivity contribution in [3.63, 3.8) is 0 Å². The number of ether oxygens (including phenoxy) is 1. The fraction of sp³-hybridized carbons (Fsp3) is 0.756. The highest BCUT2D eigenvalue weighted by Gasteiger charge is 2.08. The Morgan fingerprint density at radius 3 is 1.28 bits per heavy atom. The molecule has 0 aliphatic rings. The first-order valence-corrected chi connectivity index (χ1v) is 18.8. The van der Waals surface area contributed by atoms with E-state index in [1.165, 1.54) is 148 Å². The first-order chi connectivity index (χ1) is 21.2. The Bertz CT molecular complexity index is 671. The summed E-state index contributed by atoms with van der Waals surface area (Å²) < 4.78 is 6.20. The summed E-state index contributed by atoms with van der Waals surface area (Å²) in [5.74, 6) is 0. The molecule has 0 aliphatic heterocycles. The zero-order valence-corrected chi connectivity index (χ0v) is 29.6. The summed E-state index contributed by atoms with van der Waals surface area (Å²) in [7, 11) is 4.21. The average Bonchev–Trinajstić information content (AvgIpc) is 3.00. The molecule has 2 nitrogen and oxygen atoms in total. The molecule has 0 heterocycles. The van der Waals surface area contributed by atoms with Gasteiger partial charge in [0.05, 0.1) is 12.4 Å². The largest absolute Gasteiger partial charge is 0.498 e. The quantitative estimate of drug-likeness (QED) is 0.0424. The van der Waals surface area contributed by atoms with Gasteiger partial charge in [-0.3, -0.25) is 0 Å². The SMILES string of the molecule is CCCC/C=C\C/C=C\CCCCCCCCC(CCCCCCCC/C=C\C/C=C\CCCCC)O/C=C/CN(C)C. The molecule has 0 saturated carbocycles. The first-order valence-electron chi connectivity index (χ1n) is 18.8. The molecule has 2 heteroatoms. The second kappa shape index (κ2) is 36.7. The Morgan fingerprint density at radius 2 is 0.837 bits per heavy atom. The molecule has 250 valence electrons. The van der Waals surface area contributed by atoms with Crippen molar-refractivity contribution >= 4 is 0 Å². The summed E-state index contributed by atoms with van der Waals surface area (Å²) >= 11 is 0. The van der Waals surface area contributed by atoms with Crippen molar-refractivity contribution in [1.29, 1.82) is 0 Å². The van der Waals surface area contributed by atoms with E-state index in [0.717, 1.165) is 19.4 Å². The molecule has 0 aromatic rings. The molecule has 0 aromatic carbocycles. The van der Waals surface area contributed by atoms with Crippen molar-refractivity contribution in [2.24, 2.45) is 0 Å². The van der Waals surface area contributed by atoms with Gasteiger partial charge >= 0.3 is 0 Å². The maximum absolute atomic E-state index is 6.20. The lowest BCUT2D eigenvalue weighted by molar-refractivity contribution is 0.120. The van der Waals surface area contributed by atoms with Crippen LogP contribution in [0.15, 0.2) is 60.9 Å². The van der Waals surface area contributed by atoms with E-state index in [-0.39, 0.29) is 0 Å². The third-order valence-corrected chi connectivity index (χ3v) is 8.04. The lowest BCUT2D eigenvalue weighted by atomic mass is 10.0. The maximum Gasteiger partial charge on any atom is 0.0978 e. The standard InChI is InChI=1S/C41H75NO/c1-5-7-9-11-13-15-17-19-21-23-25-27-29-31-33-35-38-41(43-40-36-39-42(3)4)37-34-32-30-28-26-24-22-20-18-16-14-12-10-8-6-2/h12-15,18-21,36,40-41H,5-11,16-17,22-35,37-39H2,1-4H3/b14-12-,15-13-,20-18-,21-19-,40-36+. The summed E-state index contributed by atoms with van der Waals surface area (Å²) in [5.41, 5.74) is 0. The molecule has 0 fully saturated rings. The molecule has 0 N–H and O–H groups in total. The second-order valence-electron chi connectivity index (χ2n) is 12.8. The van der Waals surface area contributed by atoms with Gasteiger partial charge in [0.15, 0.2) is 0 Å². The molecule has 0 radical (unpaired) electrons. The van der Waals surface area contributed by atoms with E-state index >= 15 is 0 Å². The molecule has 43 heavy (non-hydrogen) atoms. The molecule has 1 atom stereocenters. The zero-order valence-electron chi connectivity index (χ0n) is 29.6. The summed E-state index contributed by atoms with van der Waals surface area (Å²) in [6.45, 7) is 5.47. The summed E-state index contributed by atoms with van der Waals surface area (Å²) in [4.78, 5) is 2.18. The number of unbranched alkanes of at least 4 members (excludes halogenated alkanes) is 17. The van der Waals surface area contributed by atoms with Gasteiger partial charge in [0, 0.05) is 6.54 Å². The van der Waals surface area contributed by atoms with Crippen molar-refractivity contribution in [3.05, 3.63) is 60.9 Å². The molecular weight excluding hydrogens is 522 g/mol. The third kappa shape index (κ3) is 36.6. The molecule has 0 bridgehead atoms. The molecular formula is C41H75NO. The number of nitrogens with zero attached hydrogens (tertiary/aromatic N) is 1. The molecule has 0 aliphatic carbocycles. The summed E-state index contributed by atoms with van der Waals surface area (Å²) in [5, 5.41) is 0. The minimum atomic E-state index is 0.394. The smallest absolute Gasteiger partial charge is 0.0978 e. The fourth-order valence-electron chi connectivity index (χ4n) is 5.23. The molecule has 1 unspecified atom stereocenters. The Hall–Kier alpha value is -1.54. The van der Waals surface area contributed by atoms with Gasteiger partial charge in [-0.05, 0) is 104 Å². The molecule has 0 amide bonds. The molecule has 0 saturated heterocycles. The van der Waals surface area contributed by atoms with Crippen LogP contribution in [0.5, 0.6) is 0 Å². The van der Waals surface area contributed by atoms with Crippen LogP contribution in [0.2, 0.25) is 0 Å². The number of hydrogen-bond donors (Lipinski definition) is 0. The van der Waals surface area contributed by atoms with Gasteiger partial charge in [-0.15, -0.1) is 0 Å². The fourth-order valence-corrected chi connectivity index (χ4v) is 5.23. The topological polar surface area (TPSA) is 12.5 Å². The van der Waals surface area contributed by atoms with Gasteiger partial charge in [-0.2, -0.15) is 0 Å². The average molecular weight is 598 g/mol. The predicted octanol–water partition coefficient (Wildman–Crippen LogP) is 13.5. The Morgan fingerprint density at radius 1 is 0.442 bits per heavy atom. The lowest BCUT2D eigenvalue weighted by Gasteiger charge is -2.17. The first kappa shape index (κ1) is 41.5. The second-order valence-corrected chi connectivity index (χ2v) is 12.8. The van der Waals surface area contributed by atoms with E-state index in [1.54, 1.807) is 0 Å². The van der Waals surface area contributed by atoms with Gasteiger partial charge < -0.3 is 9.64 Å². The third-order valence-electron chi connectivity index (χ3n) is 8.04. The summed E-state index contributed by atoms with van der Waals surface area (Å²) in [6, 6.07) is 0. The van der Waals surface area contributed by atoms with E-state index in [1.807, 2.05) is 6.26 Å². The van der Waals surface area contributed by atoms with Crippen LogP contribution in [-0.4, -0.2) is 31.6 Å². The van der Waals surface area contributed by atoms with Gasteiger partial charge in [-0.25, -0.2) is 0 Å². The summed E-state index contributed by atoms with van der Waals surface area (Å²) in [6.07, 6.45) is 55.8. The highest BCUT2D eigenvalue weighted by Crippen LogP contribution is 2.18. The minimum absolute atomic E-state index is 0.394. The zero-order chi connectivity index (χ0) is 31.3. The van der Waals surface area contributed by atoms with E-state index in [4.69, 9.17) is 4.74 Å². The van der Waals surface area contributed by atoms with Crippen LogP contribution in [-0.2, 0) is 4.74 Å². The molecule has 0 rings (SSSR count).